The maximum atomic E-state index is 12.7. The smallest absolute Gasteiger partial charge is 0.246 e. The minimum atomic E-state index is -0.0388. The van der Waals surface area contributed by atoms with E-state index in [1.54, 1.807) is 25.3 Å². The van der Waals surface area contributed by atoms with Gasteiger partial charge in [0.15, 0.2) is 23.0 Å². The summed E-state index contributed by atoms with van der Waals surface area (Å²) in [6, 6.07) is 11.3. The van der Waals surface area contributed by atoms with Crippen LogP contribution in [0.2, 0.25) is 5.02 Å². The van der Waals surface area contributed by atoms with Crippen LogP contribution >= 0.6 is 11.6 Å². The molecule has 3 rings (SSSR count). The minimum absolute atomic E-state index is 0.0388. The van der Waals surface area contributed by atoms with Crippen molar-refractivity contribution in [2.24, 2.45) is 0 Å². The zero-order chi connectivity index (χ0) is 22.9. The third-order valence-electron chi connectivity index (χ3n) is 5.15. The van der Waals surface area contributed by atoms with Crippen molar-refractivity contribution in [1.82, 2.24) is 4.90 Å². The van der Waals surface area contributed by atoms with Gasteiger partial charge in [-0.05, 0) is 49.8 Å². The van der Waals surface area contributed by atoms with Crippen molar-refractivity contribution >= 4 is 23.6 Å². The van der Waals surface area contributed by atoms with Gasteiger partial charge >= 0.3 is 0 Å². The molecule has 0 aliphatic carbocycles. The summed E-state index contributed by atoms with van der Waals surface area (Å²) in [5, 5.41) is 0.441. The van der Waals surface area contributed by atoms with Crippen molar-refractivity contribution < 1.29 is 23.7 Å². The van der Waals surface area contributed by atoms with Crippen LogP contribution < -0.4 is 18.9 Å². The fourth-order valence-electron chi connectivity index (χ4n) is 3.61. The summed E-state index contributed by atoms with van der Waals surface area (Å²) in [5.74, 6) is 2.51. The number of carbonyl (C=O) groups is 1. The molecule has 32 heavy (non-hydrogen) atoms. The Balaban J connectivity index is 1.57. The first-order chi connectivity index (χ1) is 15.5. The Labute approximate surface area is 194 Å². The number of amides is 1. The van der Waals surface area contributed by atoms with E-state index in [0.29, 0.717) is 42.8 Å². The van der Waals surface area contributed by atoms with Crippen LogP contribution in [-0.2, 0) is 4.79 Å². The average molecular weight is 460 g/mol. The van der Waals surface area contributed by atoms with Gasteiger partial charge in [-0.2, -0.15) is 0 Å². The second-order valence-electron chi connectivity index (χ2n) is 7.32. The second kappa shape index (κ2) is 11.7. The molecule has 0 spiro atoms. The van der Waals surface area contributed by atoms with Gasteiger partial charge in [0.1, 0.15) is 6.10 Å². The van der Waals surface area contributed by atoms with E-state index in [2.05, 4.69) is 0 Å². The van der Waals surface area contributed by atoms with Gasteiger partial charge in [0.2, 0.25) is 5.91 Å². The van der Waals surface area contributed by atoms with E-state index < -0.39 is 0 Å². The highest BCUT2D eigenvalue weighted by Gasteiger charge is 2.23. The number of hydrogen-bond donors (Lipinski definition) is 0. The molecule has 0 saturated carbocycles. The average Bonchev–Trinajstić information content (AvgIpc) is 2.79. The predicted octanol–water partition coefficient (Wildman–Crippen LogP) is 5.23. The topological polar surface area (TPSA) is 57.2 Å². The van der Waals surface area contributed by atoms with Gasteiger partial charge in [-0.25, -0.2) is 0 Å². The highest BCUT2D eigenvalue weighted by atomic mass is 35.5. The number of rotatable bonds is 9. The van der Waals surface area contributed by atoms with E-state index in [1.807, 2.05) is 49.1 Å². The largest absolute Gasteiger partial charge is 0.491 e. The molecule has 172 valence electrons. The van der Waals surface area contributed by atoms with Crippen LogP contribution in [-0.4, -0.2) is 50.3 Å². The molecule has 0 N–H and O–H groups in total. The minimum Gasteiger partial charge on any atom is -0.491 e. The lowest BCUT2D eigenvalue weighted by atomic mass is 10.1. The quantitative estimate of drug-likeness (QED) is 0.480. The Morgan fingerprint density at radius 1 is 1.06 bits per heavy atom. The van der Waals surface area contributed by atoms with Crippen molar-refractivity contribution in [1.29, 1.82) is 0 Å². The molecule has 1 heterocycles. The molecule has 1 saturated heterocycles. The Morgan fingerprint density at radius 2 is 1.72 bits per heavy atom. The molecule has 0 unspecified atom stereocenters. The standard InChI is InChI=1S/C25H30ClNO5/c1-4-30-21-8-6-7-9-22(21)32-19-12-14-27(15-13-19)24(28)11-10-18-16-20(26)25(29-3)23(17-18)31-5-2/h6-11,16-17,19H,4-5,12-15H2,1-3H3/b11-10+. The number of carbonyl (C=O) groups excluding carboxylic acids is 1. The van der Waals surface area contributed by atoms with Gasteiger partial charge in [0, 0.05) is 32.0 Å². The number of nitrogens with zero attached hydrogens (tertiary/aromatic N) is 1. The monoisotopic (exact) mass is 459 g/mol. The highest BCUT2D eigenvalue weighted by Crippen LogP contribution is 2.36. The molecule has 0 atom stereocenters. The molecule has 1 fully saturated rings. The maximum absolute atomic E-state index is 12.7. The van der Waals surface area contributed by atoms with Crippen molar-refractivity contribution in [3.05, 3.63) is 53.1 Å². The molecule has 1 aliphatic heterocycles. The summed E-state index contributed by atoms with van der Waals surface area (Å²) in [7, 11) is 1.55. The zero-order valence-electron chi connectivity index (χ0n) is 18.8. The fourth-order valence-corrected chi connectivity index (χ4v) is 3.91. The van der Waals surface area contributed by atoms with Crippen LogP contribution in [0.3, 0.4) is 0 Å². The summed E-state index contributed by atoms with van der Waals surface area (Å²) in [6.07, 6.45) is 4.90. The van der Waals surface area contributed by atoms with E-state index >= 15 is 0 Å². The lowest BCUT2D eigenvalue weighted by molar-refractivity contribution is -0.127. The van der Waals surface area contributed by atoms with Crippen LogP contribution in [0.1, 0.15) is 32.3 Å². The first-order valence-electron chi connectivity index (χ1n) is 10.9. The first kappa shape index (κ1) is 23.8. The van der Waals surface area contributed by atoms with Crippen LogP contribution in [0.5, 0.6) is 23.0 Å². The fraction of sp³-hybridized carbons (Fsp3) is 0.400. The summed E-state index contributed by atoms with van der Waals surface area (Å²) in [5.41, 5.74) is 0.776. The molecule has 6 nitrogen and oxygen atoms in total. The number of para-hydroxylation sites is 2. The molecule has 1 aliphatic rings. The Kier molecular flexibility index (Phi) is 8.68. The molecular weight excluding hydrogens is 430 g/mol. The van der Waals surface area contributed by atoms with E-state index in [9.17, 15) is 4.79 Å². The molecule has 7 heteroatoms. The predicted molar refractivity (Wildman–Crippen MR) is 126 cm³/mol. The Morgan fingerprint density at radius 3 is 2.38 bits per heavy atom. The third-order valence-corrected chi connectivity index (χ3v) is 5.43. The first-order valence-corrected chi connectivity index (χ1v) is 11.3. The van der Waals surface area contributed by atoms with Crippen LogP contribution in [0.4, 0.5) is 0 Å². The van der Waals surface area contributed by atoms with Gasteiger partial charge in [0.05, 0.1) is 25.3 Å². The van der Waals surface area contributed by atoms with E-state index in [0.717, 1.165) is 29.9 Å². The van der Waals surface area contributed by atoms with Gasteiger partial charge in [0.25, 0.3) is 0 Å². The number of halogens is 1. The molecule has 0 bridgehead atoms. The van der Waals surface area contributed by atoms with E-state index in [4.69, 9.17) is 30.5 Å². The van der Waals surface area contributed by atoms with Crippen LogP contribution in [0, 0.1) is 0 Å². The van der Waals surface area contributed by atoms with Gasteiger partial charge < -0.3 is 23.8 Å². The van der Waals surface area contributed by atoms with Crippen molar-refractivity contribution in [3.63, 3.8) is 0 Å². The van der Waals surface area contributed by atoms with Crippen molar-refractivity contribution in [2.45, 2.75) is 32.8 Å². The van der Waals surface area contributed by atoms with Gasteiger partial charge in [-0.15, -0.1) is 0 Å². The summed E-state index contributed by atoms with van der Waals surface area (Å²) < 4.78 is 22.7. The van der Waals surface area contributed by atoms with E-state index in [-0.39, 0.29) is 12.0 Å². The molecule has 0 aromatic heterocycles. The lowest BCUT2D eigenvalue weighted by Crippen LogP contribution is -2.41. The Hall–Kier alpha value is -2.86. The molecule has 1 amide bonds. The van der Waals surface area contributed by atoms with Gasteiger partial charge in [-0.1, -0.05) is 23.7 Å². The number of likely N-dealkylation sites (tertiary alicyclic amines) is 1. The van der Waals surface area contributed by atoms with Crippen molar-refractivity contribution in [3.8, 4) is 23.0 Å². The molecule has 0 radical (unpaired) electrons. The van der Waals surface area contributed by atoms with Crippen LogP contribution in [0.15, 0.2) is 42.5 Å². The SMILES string of the molecule is CCOc1ccccc1OC1CCN(C(=O)/C=C/c2cc(Cl)c(OC)c(OCC)c2)CC1. The number of piperidine rings is 1. The number of methoxy groups -OCH3 is 1. The lowest BCUT2D eigenvalue weighted by Gasteiger charge is -2.31. The summed E-state index contributed by atoms with van der Waals surface area (Å²) in [6.45, 7) is 6.19. The second-order valence-corrected chi connectivity index (χ2v) is 7.73. The highest BCUT2D eigenvalue weighted by molar-refractivity contribution is 6.32. The van der Waals surface area contributed by atoms with Crippen molar-refractivity contribution in [2.75, 3.05) is 33.4 Å². The summed E-state index contributed by atoms with van der Waals surface area (Å²) in [4.78, 5) is 14.5. The molecule has 2 aromatic rings. The van der Waals surface area contributed by atoms with Crippen LogP contribution in [0.25, 0.3) is 6.08 Å². The normalized spacial score (nSPS) is 14.4. The summed E-state index contributed by atoms with van der Waals surface area (Å²) >= 11 is 6.29. The Bertz CT molecular complexity index is 938. The maximum Gasteiger partial charge on any atom is 0.246 e. The third kappa shape index (κ3) is 6.10. The zero-order valence-corrected chi connectivity index (χ0v) is 19.6. The number of benzene rings is 2. The number of hydrogen-bond acceptors (Lipinski definition) is 5. The van der Waals surface area contributed by atoms with Gasteiger partial charge in [-0.3, -0.25) is 4.79 Å². The van der Waals surface area contributed by atoms with E-state index in [1.165, 1.54) is 0 Å². The number of ether oxygens (including phenoxy) is 4. The molecule has 2 aromatic carbocycles. The molecular formula is C25H30ClNO5.